The minimum Gasteiger partial charge on any atom is -0.345 e. The topological polar surface area (TPSA) is 58.2 Å². The maximum atomic E-state index is 10.8. The number of hydrogen-bond acceptors (Lipinski definition) is 3. The number of nitrogens with one attached hydrogen (secondary N) is 2. The van der Waals surface area contributed by atoms with E-state index in [9.17, 15) is 9.59 Å². The number of rotatable bonds is 1. The van der Waals surface area contributed by atoms with E-state index in [4.69, 9.17) is 0 Å². The largest absolute Gasteiger partial charge is 0.345 e. The zero-order chi connectivity index (χ0) is 7.56. The van der Waals surface area contributed by atoms with Gasteiger partial charge in [0.1, 0.15) is 6.04 Å². The van der Waals surface area contributed by atoms with E-state index in [2.05, 4.69) is 10.6 Å². The third-order valence-corrected chi connectivity index (χ3v) is 1.41. The molecule has 1 amide bonds. The van der Waals surface area contributed by atoms with Crippen molar-refractivity contribution in [2.45, 2.75) is 13.0 Å². The average molecular weight is 142 g/mol. The molecule has 0 spiro atoms. The van der Waals surface area contributed by atoms with Crippen LogP contribution in [0.2, 0.25) is 0 Å². The summed E-state index contributed by atoms with van der Waals surface area (Å²) in [6, 6.07) is -0.294. The molecule has 1 heterocycles. The van der Waals surface area contributed by atoms with Crippen LogP contribution in [0.25, 0.3) is 0 Å². The Labute approximate surface area is 59.0 Å². The highest BCUT2D eigenvalue weighted by atomic mass is 16.2. The lowest BCUT2D eigenvalue weighted by Crippen LogP contribution is -2.39. The van der Waals surface area contributed by atoms with Gasteiger partial charge in [-0.05, 0) is 0 Å². The number of carbonyl (C=O) groups is 2. The van der Waals surface area contributed by atoms with Gasteiger partial charge in [-0.1, -0.05) is 0 Å². The molecule has 56 valence electrons. The summed E-state index contributed by atoms with van der Waals surface area (Å²) in [5.41, 5.74) is 0. The van der Waals surface area contributed by atoms with Gasteiger partial charge in [-0.15, -0.1) is 0 Å². The van der Waals surface area contributed by atoms with E-state index in [1.54, 1.807) is 0 Å². The summed E-state index contributed by atoms with van der Waals surface area (Å²) in [5, 5.41) is 5.40. The fourth-order valence-electron chi connectivity index (χ4n) is 0.954. The lowest BCUT2D eigenvalue weighted by molar-refractivity contribution is -0.124. The molecule has 1 aliphatic heterocycles. The van der Waals surface area contributed by atoms with E-state index in [1.807, 2.05) is 0 Å². The fourth-order valence-corrected chi connectivity index (χ4v) is 0.954. The van der Waals surface area contributed by atoms with Gasteiger partial charge in [0.2, 0.25) is 5.91 Å². The third-order valence-electron chi connectivity index (χ3n) is 1.41. The van der Waals surface area contributed by atoms with Crippen LogP contribution in [0.1, 0.15) is 6.92 Å². The molecule has 0 bridgehead atoms. The number of ketones is 1. The lowest BCUT2D eigenvalue weighted by Gasteiger charge is -2.05. The highest BCUT2D eigenvalue weighted by molar-refractivity contribution is 5.91. The Kier molecular flexibility index (Phi) is 2.01. The van der Waals surface area contributed by atoms with E-state index in [0.717, 1.165) is 0 Å². The normalized spacial score (nSPS) is 24.9. The van der Waals surface area contributed by atoms with E-state index < -0.39 is 0 Å². The van der Waals surface area contributed by atoms with Gasteiger partial charge in [-0.2, -0.15) is 0 Å². The maximum absolute atomic E-state index is 10.8. The lowest BCUT2D eigenvalue weighted by atomic mass is 10.2. The van der Waals surface area contributed by atoms with Gasteiger partial charge in [-0.3, -0.25) is 9.59 Å². The summed E-state index contributed by atoms with van der Waals surface area (Å²) in [6.45, 7) is 2.36. The molecule has 0 aromatic heterocycles. The number of carbonyl (C=O) groups excluding carboxylic acids is 2. The van der Waals surface area contributed by atoms with Crippen molar-refractivity contribution in [2.24, 2.45) is 0 Å². The number of hydrogen-bond donors (Lipinski definition) is 2. The van der Waals surface area contributed by atoms with Gasteiger partial charge in [-0.25, -0.2) is 0 Å². The first kappa shape index (κ1) is 7.21. The smallest absolute Gasteiger partial charge is 0.217 e. The zero-order valence-electron chi connectivity index (χ0n) is 5.81. The molecule has 0 radical (unpaired) electrons. The maximum Gasteiger partial charge on any atom is 0.217 e. The van der Waals surface area contributed by atoms with Crippen LogP contribution >= 0.6 is 0 Å². The molecule has 0 aliphatic carbocycles. The SMILES string of the molecule is CC(=O)NC1CNCC1=O. The van der Waals surface area contributed by atoms with Crippen LogP contribution in [0, 0.1) is 0 Å². The Morgan fingerprint density at radius 3 is 2.90 bits per heavy atom. The van der Waals surface area contributed by atoms with Crippen LogP contribution in [0.4, 0.5) is 0 Å². The molecular formula is C6H10N2O2. The fraction of sp³-hybridized carbons (Fsp3) is 0.667. The minimum absolute atomic E-state index is 0.0650. The first-order valence-corrected chi connectivity index (χ1v) is 3.20. The van der Waals surface area contributed by atoms with Crippen molar-refractivity contribution in [1.29, 1.82) is 0 Å². The molecule has 1 saturated heterocycles. The van der Waals surface area contributed by atoms with E-state index in [1.165, 1.54) is 6.92 Å². The van der Waals surface area contributed by atoms with Crippen LogP contribution in [-0.2, 0) is 9.59 Å². The molecule has 10 heavy (non-hydrogen) atoms. The number of Topliss-reactive ketones (excluding diaryl/α,β-unsaturated/α-hetero) is 1. The first-order chi connectivity index (χ1) is 4.70. The molecule has 4 nitrogen and oxygen atoms in total. The highest BCUT2D eigenvalue weighted by Crippen LogP contribution is 1.91. The Morgan fingerprint density at radius 1 is 1.80 bits per heavy atom. The molecule has 0 aromatic carbocycles. The molecule has 0 saturated carbocycles. The van der Waals surface area contributed by atoms with Crippen LogP contribution in [-0.4, -0.2) is 30.8 Å². The van der Waals surface area contributed by atoms with Gasteiger partial charge in [0.25, 0.3) is 0 Å². The van der Waals surface area contributed by atoms with E-state index in [0.29, 0.717) is 13.1 Å². The van der Waals surface area contributed by atoms with Crippen molar-refractivity contribution in [2.75, 3.05) is 13.1 Å². The molecular weight excluding hydrogens is 132 g/mol. The van der Waals surface area contributed by atoms with E-state index in [-0.39, 0.29) is 17.7 Å². The summed E-state index contributed by atoms with van der Waals surface area (Å²) in [7, 11) is 0. The standard InChI is InChI=1S/C6H10N2O2/c1-4(9)8-5-2-7-3-6(5)10/h5,7H,2-3H2,1H3,(H,8,9). The molecule has 1 fully saturated rings. The summed E-state index contributed by atoms with van der Waals surface area (Å²) >= 11 is 0. The first-order valence-electron chi connectivity index (χ1n) is 3.20. The monoisotopic (exact) mass is 142 g/mol. The van der Waals surface area contributed by atoms with E-state index >= 15 is 0 Å². The predicted octanol–water partition coefficient (Wildman–Crippen LogP) is -1.34. The minimum atomic E-state index is -0.294. The second-order valence-electron chi connectivity index (χ2n) is 2.35. The van der Waals surface area contributed by atoms with Crippen LogP contribution in [0.5, 0.6) is 0 Å². The Hall–Kier alpha value is -0.900. The molecule has 0 aromatic rings. The predicted molar refractivity (Wildman–Crippen MR) is 35.5 cm³/mol. The van der Waals surface area contributed by atoms with Gasteiger partial charge >= 0.3 is 0 Å². The van der Waals surface area contributed by atoms with Crippen molar-refractivity contribution < 1.29 is 9.59 Å². The summed E-state index contributed by atoms with van der Waals surface area (Å²) in [6.07, 6.45) is 0. The van der Waals surface area contributed by atoms with Crippen molar-refractivity contribution in [3.63, 3.8) is 0 Å². The molecule has 1 atom stereocenters. The summed E-state index contributed by atoms with van der Waals surface area (Å²) in [5.74, 6) is -0.0859. The van der Waals surface area contributed by atoms with Crippen LogP contribution < -0.4 is 10.6 Å². The van der Waals surface area contributed by atoms with Crippen molar-refractivity contribution in [3.05, 3.63) is 0 Å². The zero-order valence-corrected chi connectivity index (χ0v) is 5.81. The van der Waals surface area contributed by atoms with Crippen LogP contribution in [0.3, 0.4) is 0 Å². The summed E-state index contributed by atoms with van der Waals surface area (Å²) in [4.78, 5) is 21.3. The molecule has 1 unspecified atom stereocenters. The molecule has 2 N–H and O–H groups in total. The third kappa shape index (κ3) is 1.54. The van der Waals surface area contributed by atoms with Gasteiger partial charge in [0.05, 0.1) is 6.54 Å². The second-order valence-corrected chi connectivity index (χ2v) is 2.35. The van der Waals surface area contributed by atoms with Crippen molar-refractivity contribution >= 4 is 11.7 Å². The quantitative estimate of drug-likeness (QED) is 0.476. The van der Waals surface area contributed by atoms with Gasteiger partial charge in [0, 0.05) is 13.5 Å². The second kappa shape index (κ2) is 2.79. The Balaban J connectivity index is 2.40. The summed E-state index contributed by atoms with van der Waals surface area (Å²) < 4.78 is 0. The van der Waals surface area contributed by atoms with Gasteiger partial charge < -0.3 is 10.6 Å². The number of amides is 1. The molecule has 4 heteroatoms. The van der Waals surface area contributed by atoms with Crippen LogP contribution in [0.15, 0.2) is 0 Å². The van der Waals surface area contributed by atoms with Crippen molar-refractivity contribution in [3.8, 4) is 0 Å². The highest BCUT2D eigenvalue weighted by Gasteiger charge is 2.23. The molecule has 1 aliphatic rings. The molecule has 1 rings (SSSR count). The van der Waals surface area contributed by atoms with Gasteiger partial charge in [0.15, 0.2) is 5.78 Å². The average Bonchev–Trinajstić information content (AvgIpc) is 2.15. The Bertz CT molecular complexity index is 167. The van der Waals surface area contributed by atoms with Crippen molar-refractivity contribution in [1.82, 2.24) is 10.6 Å². The Morgan fingerprint density at radius 2 is 2.50 bits per heavy atom.